The predicted molar refractivity (Wildman–Crippen MR) is 102 cm³/mol. The minimum Gasteiger partial charge on any atom is -0.496 e. The molecule has 1 aromatic carbocycles. The maximum atomic E-state index is 5.56. The quantitative estimate of drug-likeness (QED) is 0.789. The highest BCUT2D eigenvalue weighted by molar-refractivity contribution is 5.36. The van der Waals surface area contributed by atoms with Crippen molar-refractivity contribution in [3.8, 4) is 5.75 Å². The number of benzene rings is 1. The van der Waals surface area contributed by atoms with Gasteiger partial charge in [0.15, 0.2) is 0 Å². The van der Waals surface area contributed by atoms with E-state index in [-0.39, 0.29) is 0 Å². The van der Waals surface area contributed by atoms with E-state index in [0.29, 0.717) is 11.3 Å². The SMILES string of the molecule is COc1ccccc1C1CCN(CC(C)(C)CN2CCOCC2)CC1. The number of ether oxygens (including phenoxy) is 2. The van der Waals surface area contributed by atoms with Crippen LogP contribution in [0.2, 0.25) is 0 Å². The van der Waals surface area contributed by atoms with Crippen molar-refractivity contribution >= 4 is 0 Å². The zero-order valence-electron chi connectivity index (χ0n) is 16.2. The van der Waals surface area contributed by atoms with Crippen LogP contribution in [0.3, 0.4) is 0 Å². The minimum atomic E-state index is 0.328. The molecule has 2 aliphatic rings. The van der Waals surface area contributed by atoms with E-state index in [1.54, 1.807) is 7.11 Å². The first-order chi connectivity index (χ1) is 12.1. The molecule has 25 heavy (non-hydrogen) atoms. The van der Waals surface area contributed by atoms with E-state index in [9.17, 15) is 0 Å². The number of nitrogens with zero attached hydrogens (tertiary/aromatic N) is 2. The molecule has 3 rings (SSSR count). The van der Waals surface area contributed by atoms with Gasteiger partial charge in [-0.1, -0.05) is 32.0 Å². The summed E-state index contributed by atoms with van der Waals surface area (Å²) in [6, 6.07) is 8.52. The first-order valence-electron chi connectivity index (χ1n) is 9.73. The second-order valence-electron chi connectivity index (χ2n) is 8.35. The van der Waals surface area contributed by atoms with Gasteiger partial charge in [0.25, 0.3) is 0 Å². The van der Waals surface area contributed by atoms with Gasteiger partial charge in [0.05, 0.1) is 20.3 Å². The van der Waals surface area contributed by atoms with Crippen LogP contribution in [0.1, 0.15) is 38.2 Å². The van der Waals surface area contributed by atoms with Crippen LogP contribution in [0, 0.1) is 5.41 Å². The molecule has 0 N–H and O–H groups in total. The molecule has 2 heterocycles. The summed E-state index contributed by atoms with van der Waals surface area (Å²) in [5.74, 6) is 1.68. The number of methoxy groups -OCH3 is 1. The lowest BCUT2D eigenvalue weighted by atomic mass is 9.86. The van der Waals surface area contributed by atoms with Gasteiger partial charge in [-0.25, -0.2) is 0 Å². The second kappa shape index (κ2) is 8.52. The molecule has 0 aliphatic carbocycles. The molecular weight excluding hydrogens is 312 g/mol. The number of piperidine rings is 1. The first-order valence-corrected chi connectivity index (χ1v) is 9.73. The van der Waals surface area contributed by atoms with Gasteiger partial charge in [0.2, 0.25) is 0 Å². The van der Waals surface area contributed by atoms with Gasteiger partial charge in [-0.2, -0.15) is 0 Å². The van der Waals surface area contributed by atoms with Crippen molar-refractivity contribution in [2.24, 2.45) is 5.41 Å². The van der Waals surface area contributed by atoms with Gasteiger partial charge in [-0.3, -0.25) is 4.90 Å². The van der Waals surface area contributed by atoms with Crippen molar-refractivity contribution in [3.63, 3.8) is 0 Å². The Morgan fingerprint density at radius 2 is 1.60 bits per heavy atom. The zero-order valence-corrected chi connectivity index (χ0v) is 16.2. The van der Waals surface area contributed by atoms with E-state index < -0.39 is 0 Å². The van der Waals surface area contributed by atoms with Crippen LogP contribution < -0.4 is 4.74 Å². The fourth-order valence-electron chi connectivity index (χ4n) is 4.43. The summed E-state index contributed by atoms with van der Waals surface area (Å²) in [5.41, 5.74) is 1.71. The molecule has 0 saturated carbocycles. The fraction of sp³-hybridized carbons (Fsp3) is 0.714. The Bertz CT molecular complexity index is 532. The first kappa shape index (κ1) is 18.7. The van der Waals surface area contributed by atoms with Crippen LogP contribution in [0.4, 0.5) is 0 Å². The van der Waals surface area contributed by atoms with E-state index in [1.165, 1.54) is 44.6 Å². The third kappa shape index (κ3) is 5.19. The Kier molecular flexibility index (Phi) is 6.37. The molecule has 2 aliphatic heterocycles. The molecule has 0 spiro atoms. The number of hydrogen-bond donors (Lipinski definition) is 0. The molecule has 0 aromatic heterocycles. The van der Waals surface area contributed by atoms with Crippen LogP contribution in [-0.2, 0) is 4.74 Å². The molecule has 4 nitrogen and oxygen atoms in total. The maximum absolute atomic E-state index is 5.56. The molecular formula is C21H34N2O2. The predicted octanol–water partition coefficient (Wildman–Crippen LogP) is 3.23. The highest BCUT2D eigenvalue weighted by atomic mass is 16.5. The Labute approximate surface area is 153 Å². The van der Waals surface area contributed by atoms with Crippen molar-refractivity contribution in [2.75, 3.05) is 59.6 Å². The summed E-state index contributed by atoms with van der Waals surface area (Å²) in [4.78, 5) is 5.22. The smallest absolute Gasteiger partial charge is 0.122 e. The molecule has 2 fully saturated rings. The average Bonchev–Trinajstić information content (AvgIpc) is 2.62. The average molecular weight is 347 g/mol. The van der Waals surface area contributed by atoms with Crippen molar-refractivity contribution < 1.29 is 9.47 Å². The molecule has 2 saturated heterocycles. The Morgan fingerprint density at radius 1 is 1.00 bits per heavy atom. The molecule has 140 valence electrons. The van der Waals surface area contributed by atoms with Crippen LogP contribution in [-0.4, -0.2) is 69.4 Å². The molecule has 0 radical (unpaired) electrons. The molecule has 0 atom stereocenters. The third-order valence-corrected chi connectivity index (χ3v) is 5.57. The number of para-hydroxylation sites is 1. The number of hydrogen-bond acceptors (Lipinski definition) is 4. The minimum absolute atomic E-state index is 0.328. The zero-order chi connectivity index (χ0) is 17.7. The molecule has 4 heteroatoms. The fourth-order valence-corrected chi connectivity index (χ4v) is 4.43. The molecule has 0 bridgehead atoms. The van der Waals surface area contributed by atoms with Crippen LogP contribution in [0.15, 0.2) is 24.3 Å². The number of morpholine rings is 1. The standard InChI is InChI=1S/C21H34N2O2/c1-21(2,17-23-12-14-25-15-13-23)16-22-10-8-18(9-11-22)19-6-4-5-7-20(19)24-3/h4-7,18H,8-17H2,1-3H3. The topological polar surface area (TPSA) is 24.9 Å². The number of likely N-dealkylation sites (tertiary alicyclic amines) is 1. The highest BCUT2D eigenvalue weighted by Crippen LogP contribution is 2.34. The van der Waals surface area contributed by atoms with E-state index >= 15 is 0 Å². The molecule has 1 aromatic rings. The van der Waals surface area contributed by atoms with Crippen LogP contribution in [0.25, 0.3) is 0 Å². The van der Waals surface area contributed by atoms with Gasteiger partial charge < -0.3 is 14.4 Å². The molecule has 0 amide bonds. The van der Waals surface area contributed by atoms with Gasteiger partial charge in [0.1, 0.15) is 5.75 Å². The van der Waals surface area contributed by atoms with Gasteiger partial charge in [-0.05, 0) is 48.9 Å². The Hall–Kier alpha value is -1.10. The monoisotopic (exact) mass is 346 g/mol. The Morgan fingerprint density at radius 3 is 2.24 bits per heavy atom. The third-order valence-electron chi connectivity index (χ3n) is 5.57. The normalized spacial score (nSPS) is 21.4. The van der Waals surface area contributed by atoms with Gasteiger partial charge in [-0.15, -0.1) is 0 Å². The van der Waals surface area contributed by atoms with E-state index in [2.05, 4.69) is 47.9 Å². The summed E-state index contributed by atoms with van der Waals surface area (Å²) >= 11 is 0. The van der Waals surface area contributed by atoms with Gasteiger partial charge in [0, 0.05) is 26.2 Å². The lowest BCUT2D eigenvalue weighted by Crippen LogP contribution is -2.47. The van der Waals surface area contributed by atoms with E-state index in [0.717, 1.165) is 32.1 Å². The number of rotatable bonds is 6. The van der Waals surface area contributed by atoms with E-state index in [1.807, 2.05) is 0 Å². The van der Waals surface area contributed by atoms with Crippen molar-refractivity contribution in [1.29, 1.82) is 0 Å². The summed E-state index contributed by atoms with van der Waals surface area (Å²) in [5, 5.41) is 0. The lowest BCUT2D eigenvalue weighted by Gasteiger charge is -2.40. The Balaban J connectivity index is 1.50. The lowest BCUT2D eigenvalue weighted by molar-refractivity contribution is 0.0134. The summed E-state index contributed by atoms with van der Waals surface area (Å²) in [6.07, 6.45) is 2.46. The summed E-state index contributed by atoms with van der Waals surface area (Å²) < 4.78 is 11.0. The van der Waals surface area contributed by atoms with Crippen molar-refractivity contribution in [3.05, 3.63) is 29.8 Å². The molecule has 0 unspecified atom stereocenters. The van der Waals surface area contributed by atoms with Gasteiger partial charge >= 0.3 is 0 Å². The van der Waals surface area contributed by atoms with Crippen molar-refractivity contribution in [2.45, 2.75) is 32.6 Å². The summed E-state index contributed by atoms with van der Waals surface area (Å²) in [6.45, 7) is 13.5. The summed E-state index contributed by atoms with van der Waals surface area (Å²) in [7, 11) is 1.78. The second-order valence-corrected chi connectivity index (χ2v) is 8.35. The van der Waals surface area contributed by atoms with Crippen LogP contribution in [0.5, 0.6) is 5.75 Å². The highest BCUT2D eigenvalue weighted by Gasteiger charge is 2.29. The maximum Gasteiger partial charge on any atom is 0.122 e. The van der Waals surface area contributed by atoms with Crippen LogP contribution >= 0.6 is 0 Å². The van der Waals surface area contributed by atoms with Crippen molar-refractivity contribution in [1.82, 2.24) is 9.80 Å². The largest absolute Gasteiger partial charge is 0.496 e. The van der Waals surface area contributed by atoms with E-state index in [4.69, 9.17) is 9.47 Å².